The van der Waals surface area contributed by atoms with Crippen molar-refractivity contribution in [3.63, 3.8) is 0 Å². The van der Waals surface area contributed by atoms with Crippen LogP contribution in [0.4, 0.5) is 0 Å². The fourth-order valence-corrected chi connectivity index (χ4v) is 3.92. The van der Waals surface area contributed by atoms with E-state index in [1.54, 1.807) is 48.8 Å². The van der Waals surface area contributed by atoms with Gasteiger partial charge in [0.2, 0.25) is 0 Å². The van der Waals surface area contributed by atoms with E-state index in [9.17, 15) is 15.3 Å². The van der Waals surface area contributed by atoms with Gasteiger partial charge in [0.15, 0.2) is 5.78 Å². The van der Waals surface area contributed by atoms with Gasteiger partial charge in [-0.1, -0.05) is 36.4 Å². The smallest absolute Gasteiger partial charge is 0.194 e. The number of carbonyl (C=O) groups is 1. The summed E-state index contributed by atoms with van der Waals surface area (Å²) in [5.41, 5.74) is 5.38. The Morgan fingerprint density at radius 2 is 1.25 bits per heavy atom. The first-order valence-corrected chi connectivity index (χ1v) is 8.60. The van der Waals surface area contributed by atoms with Crippen LogP contribution in [0.1, 0.15) is 27.0 Å². The maximum Gasteiger partial charge on any atom is 0.194 e. The Hall–Kier alpha value is -4.35. The molecule has 2 aliphatic rings. The standard InChI is InChI=1S/C23H10N4O/c24-11-13(12-25)18-14-5-1-2-6-15(14)23(28)20(18)19-16-7-3-9-26-21(16)22-17(19)8-4-10-27-22/h1-10H. The van der Waals surface area contributed by atoms with E-state index in [1.807, 2.05) is 24.3 Å². The molecule has 5 nitrogen and oxygen atoms in total. The number of fused-ring (bicyclic) bond motifs is 4. The Morgan fingerprint density at radius 3 is 1.82 bits per heavy atom. The molecule has 0 fully saturated rings. The average molecular weight is 358 g/mol. The van der Waals surface area contributed by atoms with Gasteiger partial charge in [-0.25, -0.2) is 0 Å². The first-order valence-electron chi connectivity index (χ1n) is 8.60. The number of Topliss-reactive ketones (excluding diaryl/α,β-unsaturated/α-hetero) is 1. The van der Waals surface area contributed by atoms with Gasteiger partial charge in [-0.2, -0.15) is 10.5 Å². The highest BCUT2D eigenvalue weighted by Crippen LogP contribution is 2.49. The molecule has 3 aromatic rings. The molecule has 5 rings (SSSR count). The van der Waals surface area contributed by atoms with Crippen LogP contribution in [0.25, 0.3) is 22.5 Å². The lowest BCUT2D eigenvalue weighted by Gasteiger charge is -2.09. The quantitative estimate of drug-likeness (QED) is 0.350. The normalized spacial score (nSPS) is 13.5. The molecule has 2 heterocycles. The average Bonchev–Trinajstić information content (AvgIpc) is 3.22. The second-order valence-corrected chi connectivity index (χ2v) is 6.40. The van der Waals surface area contributed by atoms with Crippen LogP contribution in [0.2, 0.25) is 0 Å². The molecule has 0 unspecified atom stereocenters. The van der Waals surface area contributed by atoms with Gasteiger partial charge in [0.05, 0.1) is 11.4 Å². The molecular weight excluding hydrogens is 348 g/mol. The maximum atomic E-state index is 13.4. The molecule has 0 bridgehead atoms. The summed E-state index contributed by atoms with van der Waals surface area (Å²) in [6.07, 6.45) is 3.37. The maximum absolute atomic E-state index is 13.4. The van der Waals surface area contributed by atoms with Crippen molar-refractivity contribution >= 4 is 16.9 Å². The predicted octanol–water partition coefficient (Wildman–Crippen LogP) is 3.96. The van der Waals surface area contributed by atoms with E-state index < -0.39 is 0 Å². The minimum Gasteiger partial charge on any atom is -0.289 e. The summed E-state index contributed by atoms with van der Waals surface area (Å²) in [7, 11) is 0. The van der Waals surface area contributed by atoms with E-state index in [2.05, 4.69) is 9.97 Å². The SMILES string of the molecule is N#CC(C#N)=C1C(=C2c3cccnc3-c3ncccc32)C(=O)c2ccccc21. The van der Waals surface area contributed by atoms with E-state index in [1.165, 1.54) is 0 Å². The molecule has 0 saturated carbocycles. The number of hydrogen-bond acceptors (Lipinski definition) is 5. The van der Waals surface area contributed by atoms with Crippen molar-refractivity contribution in [1.29, 1.82) is 10.5 Å². The van der Waals surface area contributed by atoms with Crippen LogP contribution >= 0.6 is 0 Å². The van der Waals surface area contributed by atoms with E-state index in [-0.39, 0.29) is 11.4 Å². The molecule has 128 valence electrons. The summed E-state index contributed by atoms with van der Waals surface area (Å²) in [5.74, 6) is -0.199. The summed E-state index contributed by atoms with van der Waals surface area (Å²) in [6.45, 7) is 0. The zero-order valence-corrected chi connectivity index (χ0v) is 14.5. The lowest BCUT2D eigenvalue weighted by molar-refractivity contribution is 0.104. The van der Waals surface area contributed by atoms with E-state index in [4.69, 9.17) is 0 Å². The van der Waals surface area contributed by atoms with Gasteiger partial charge in [0, 0.05) is 45.8 Å². The van der Waals surface area contributed by atoms with Crippen LogP contribution in [-0.2, 0) is 0 Å². The minimum atomic E-state index is -0.199. The second kappa shape index (κ2) is 5.84. The fraction of sp³-hybridized carbons (Fsp3) is 0. The topological polar surface area (TPSA) is 90.4 Å². The van der Waals surface area contributed by atoms with Crippen LogP contribution in [0.5, 0.6) is 0 Å². The van der Waals surface area contributed by atoms with Crippen molar-refractivity contribution in [3.8, 4) is 23.5 Å². The first-order chi connectivity index (χ1) is 13.8. The highest BCUT2D eigenvalue weighted by atomic mass is 16.1. The van der Waals surface area contributed by atoms with Crippen molar-refractivity contribution in [1.82, 2.24) is 9.97 Å². The second-order valence-electron chi connectivity index (χ2n) is 6.40. The van der Waals surface area contributed by atoms with E-state index in [0.717, 1.165) is 11.1 Å². The number of hydrogen-bond donors (Lipinski definition) is 0. The molecule has 5 heteroatoms. The van der Waals surface area contributed by atoms with Crippen molar-refractivity contribution < 1.29 is 4.79 Å². The number of nitriles is 2. The lowest BCUT2D eigenvalue weighted by atomic mass is 9.91. The van der Waals surface area contributed by atoms with Gasteiger partial charge in [0.1, 0.15) is 17.7 Å². The molecule has 0 amide bonds. The minimum absolute atomic E-state index is 0.0800. The zero-order chi connectivity index (χ0) is 19.3. The molecule has 1 aromatic carbocycles. The lowest BCUT2D eigenvalue weighted by Crippen LogP contribution is -2.01. The predicted molar refractivity (Wildman–Crippen MR) is 102 cm³/mol. The number of aromatic nitrogens is 2. The Kier molecular flexibility index (Phi) is 3.31. The molecule has 0 atom stereocenters. The Balaban J connectivity index is 1.98. The number of benzene rings is 1. The fourth-order valence-electron chi connectivity index (χ4n) is 3.92. The number of ketones is 1. The van der Waals surface area contributed by atoms with E-state index >= 15 is 0 Å². The van der Waals surface area contributed by atoms with Gasteiger partial charge in [0.25, 0.3) is 0 Å². The summed E-state index contributed by atoms with van der Waals surface area (Å²) in [6, 6.07) is 18.4. The van der Waals surface area contributed by atoms with Gasteiger partial charge >= 0.3 is 0 Å². The van der Waals surface area contributed by atoms with Crippen molar-refractivity contribution in [2.45, 2.75) is 0 Å². The largest absolute Gasteiger partial charge is 0.289 e. The Bertz CT molecular complexity index is 1290. The third kappa shape index (κ3) is 1.96. The monoisotopic (exact) mass is 358 g/mol. The molecule has 2 aliphatic carbocycles. The van der Waals surface area contributed by atoms with Gasteiger partial charge in [-0.05, 0) is 17.7 Å². The molecular formula is C23H10N4O. The number of rotatable bonds is 0. The van der Waals surface area contributed by atoms with Crippen LogP contribution < -0.4 is 0 Å². The van der Waals surface area contributed by atoms with Gasteiger partial charge < -0.3 is 0 Å². The summed E-state index contributed by atoms with van der Waals surface area (Å²) < 4.78 is 0. The number of nitrogens with zero attached hydrogens (tertiary/aromatic N) is 4. The number of carbonyl (C=O) groups excluding carboxylic acids is 1. The third-order valence-corrected chi connectivity index (χ3v) is 5.02. The first kappa shape index (κ1) is 15.9. The van der Waals surface area contributed by atoms with Crippen molar-refractivity contribution in [3.05, 3.63) is 94.3 Å². The summed E-state index contributed by atoms with van der Waals surface area (Å²) in [4.78, 5) is 22.3. The number of allylic oxidation sites excluding steroid dienone is 3. The molecule has 28 heavy (non-hydrogen) atoms. The molecule has 2 aromatic heterocycles. The van der Waals surface area contributed by atoms with Gasteiger partial charge in [-0.3, -0.25) is 14.8 Å². The van der Waals surface area contributed by atoms with Crippen LogP contribution in [0.15, 0.2) is 72.1 Å². The van der Waals surface area contributed by atoms with Crippen LogP contribution in [0.3, 0.4) is 0 Å². The molecule has 0 saturated heterocycles. The highest BCUT2D eigenvalue weighted by Gasteiger charge is 2.38. The van der Waals surface area contributed by atoms with E-state index in [0.29, 0.717) is 39.2 Å². The van der Waals surface area contributed by atoms with Crippen molar-refractivity contribution in [2.24, 2.45) is 0 Å². The molecule has 0 N–H and O–H groups in total. The van der Waals surface area contributed by atoms with Gasteiger partial charge in [-0.15, -0.1) is 0 Å². The molecule has 0 spiro atoms. The number of pyridine rings is 2. The zero-order valence-electron chi connectivity index (χ0n) is 14.5. The summed E-state index contributed by atoms with van der Waals surface area (Å²) in [5, 5.41) is 19.1. The van der Waals surface area contributed by atoms with Crippen LogP contribution in [0, 0.1) is 22.7 Å². The highest BCUT2D eigenvalue weighted by molar-refractivity contribution is 6.33. The molecule has 0 aliphatic heterocycles. The van der Waals surface area contributed by atoms with Crippen LogP contribution in [-0.4, -0.2) is 15.8 Å². The Morgan fingerprint density at radius 1 is 0.714 bits per heavy atom. The Labute approximate surface area is 160 Å². The molecule has 0 radical (unpaired) electrons. The third-order valence-electron chi connectivity index (χ3n) is 5.02. The summed E-state index contributed by atoms with van der Waals surface area (Å²) >= 11 is 0. The van der Waals surface area contributed by atoms with Crippen molar-refractivity contribution in [2.75, 3.05) is 0 Å².